The monoisotopic (exact) mass is 465 g/mol. The zero-order valence-electron chi connectivity index (χ0n) is 23.9. The highest BCUT2D eigenvalue weighted by Gasteiger charge is 2.47. The van der Waals surface area contributed by atoms with Gasteiger partial charge in [0.25, 0.3) is 0 Å². The molecule has 0 bridgehead atoms. The number of hydrogen-bond acceptors (Lipinski definition) is 5. The van der Waals surface area contributed by atoms with Gasteiger partial charge in [0.1, 0.15) is 0 Å². The highest BCUT2D eigenvalue weighted by molar-refractivity contribution is 5.07. The minimum absolute atomic E-state index is 0.212. The molecule has 196 valence electrons. The molecule has 8 atom stereocenters. The van der Waals surface area contributed by atoms with Crippen molar-refractivity contribution >= 4 is 0 Å². The van der Waals surface area contributed by atoms with Gasteiger partial charge in [0.2, 0.25) is 0 Å². The van der Waals surface area contributed by atoms with Crippen LogP contribution >= 0.6 is 0 Å². The van der Waals surface area contributed by atoms with Crippen LogP contribution < -0.4 is 26.6 Å². The first-order valence-electron chi connectivity index (χ1n) is 14.2. The number of hydrogen-bond donors (Lipinski definition) is 5. The largest absolute Gasteiger partial charge is 0.314 e. The van der Waals surface area contributed by atoms with Gasteiger partial charge < -0.3 is 26.6 Å². The summed E-state index contributed by atoms with van der Waals surface area (Å²) in [7, 11) is 0. The summed E-state index contributed by atoms with van der Waals surface area (Å²) in [4.78, 5) is 0. The standard InChI is InChI=1S/C28H59N5/c1-11-25(7)19-23(21(5)27(9,13-3)32-25)30-17-15-29-16-18-31-24-20-26(8,12-2)33-28(10,14-4)22(24)6/h21-24,29-33H,11-20H2,1-10H3/t21?,22?,23?,24?,25?,26?,27-,28?/m0/s1. The highest BCUT2D eigenvalue weighted by Crippen LogP contribution is 2.38. The molecule has 5 nitrogen and oxygen atoms in total. The summed E-state index contributed by atoms with van der Waals surface area (Å²) in [5, 5.41) is 19.5. The Hall–Kier alpha value is -0.200. The molecule has 2 saturated heterocycles. The van der Waals surface area contributed by atoms with Crippen molar-refractivity contribution < 1.29 is 0 Å². The first kappa shape index (κ1) is 29.0. The molecule has 0 radical (unpaired) electrons. The second kappa shape index (κ2) is 11.7. The van der Waals surface area contributed by atoms with Gasteiger partial charge in [-0.1, -0.05) is 41.5 Å². The lowest BCUT2D eigenvalue weighted by molar-refractivity contribution is 0.0584. The molecule has 7 unspecified atom stereocenters. The van der Waals surface area contributed by atoms with Crippen LogP contribution in [-0.4, -0.2) is 60.4 Å². The van der Waals surface area contributed by atoms with Crippen LogP contribution in [0.1, 0.15) is 108 Å². The summed E-state index contributed by atoms with van der Waals surface area (Å²) < 4.78 is 0. The summed E-state index contributed by atoms with van der Waals surface area (Å²) in [6.07, 6.45) is 7.13. The lowest BCUT2D eigenvalue weighted by Gasteiger charge is -2.54. The molecule has 2 aliphatic rings. The lowest BCUT2D eigenvalue weighted by atomic mass is 9.69. The van der Waals surface area contributed by atoms with E-state index in [1.165, 1.54) is 38.5 Å². The van der Waals surface area contributed by atoms with Crippen LogP contribution in [0.4, 0.5) is 0 Å². The Labute approximate surface area is 206 Å². The molecule has 5 N–H and O–H groups in total. The van der Waals surface area contributed by atoms with E-state index < -0.39 is 0 Å². The van der Waals surface area contributed by atoms with Gasteiger partial charge in [-0.2, -0.15) is 0 Å². The third-order valence-corrected chi connectivity index (χ3v) is 10.2. The molecule has 0 aromatic carbocycles. The quantitative estimate of drug-likeness (QED) is 0.276. The molecule has 5 heteroatoms. The van der Waals surface area contributed by atoms with E-state index in [9.17, 15) is 0 Å². The summed E-state index contributed by atoms with van der Waals surface area (Å²) in [5.41, 5.74) is 0.892. The molecule has 0 aromatic rings. The van der Waals surface area contributed by atoms with Crippen molar-refractivity contribution in [2.24, 2.45) is 11.8 Å². The molecular weight excluding hydrogens is 406 g/mol. The molecule has 2 heterocycles. The Morgan fingerprint density at radius 3 is 1.27 bits per heavy atom. The highest BCUT2D eigenvalue weighted by atomic mass is 15.1. The van der Waals surface area contributed by atoms with E-state index in [-0.39, 0.29) is 22.2 Å². The summed E-state index contributed by atoms with van der Waals surface area (Å²) in [5.74, 6) is 1.26. The van der Waals surface area contributed by atoms with Crippen molar-refractivity contribution in [3.63, 3.8) is 0 Å². The van der Waals surface area contributed by atoms with Crippen molar-refractivity contribution in [2.75, 3.05) is 26.2 Å². The van der Waals surface area contributed by atoms with Gasteiger partial charge in [-0.25, -0.2) is 0 Å². The maximum Gasteiger partial charge on any atom is 0.0196 e. The van der Waals surface area contributed by atoms with Gasteiger partial charge in [-0.15, -0.1) is 0 Å². The third-order valence-electron chi connectivity index (χ3n) is 10.2. The Morgan fingerprint density at radius 1 is 0.606 bits per heavy atom. The van der Waals surface area contributed by atoms with E-state index in [1.54, 1.807) is 0 Å². The van der Waals surface area contributed by atoms with Crippen molar-refractivity contribution in [1.82, 2.24) is 26.6 Å². The van der Waals surface area contributed by atoms with Crippen molar-refractivity contribution in [3.8, 4) is 0 Å². The van der Waals surface area contributed by atoms with E-state index in [2.05, 4.69) is 95.8 Å². The van der Waals surface area contributed by atoms with Crippen molar-refractivity contribution in [1.29, 1.82) is 0 Å². The maximum atomic E-state index is 3.99. The minimum Gasteiger partial charge on any atom is -0.314 e. The molecule has 2 rings (SSSR count). The van der Waals surface area contributed by atoms with Crippen LogP contribution in [0.25, 0.3) is 0 Å². The Morgan fingerprint density at radius 2 is 0.970 bits per heavy atom. The fourth-order valence-corrected chi connectivity index (χ4v) is 6.52. The Bertz CT molecular complexity index is 549. The maximum absolute atomic E-state index is 3.99. The predicted octanol–water partition coefficient (Wildman–Crippen LogP) is 4.43. The zero-order chi connectivity index (χ0) is 24.9. The van der Waals surface area contributed by atoms with E-state index in [1.807, 2.05) is 0 Å². The topological polar surface area (TPSA) is 60.1 Å². The van der Waals surface area contributed by atoms with Crippen LogP contribution in [0.2, 0.25) is 0 Å². The van der Waals surface area contributed by atoms with Crippen LogP contribution in [0.3, 0.4) is 0 Å². The fraction of sp³-hybridized carbons (Fsp3) is 1.00. The SMILES string of the molecule is CCC1(C)CC(NCCNCCNC2CC(C)(CC)N[C@@](C)(CC)C2C)C(C)C(C)(CC)N1. The Balaban J connectivity index is 1.75. The molecule has 0 saturated carbocycles. The molecule has 0 aliphatic carbocycles. The van der Waals surface area contributed by atoms with Gasteiger partial charge in [-0.05, 0) is 78.1 Å². The van der Waals surface area contributed by atoms with Gasteiger partial charge in [0.05, 0.1) is 0 Å². The van der Waals surface area contributed by atoms with E-state index >= 15 is 0 Å². The number of rotatable bonds is 12. The van der Waals surface area contributed by atoms with Crippen LogP contribution in [0.15, 0.2) is 0 Å². The molecule has 33 heavy (non-hydrogen) atoms. The average molecular weight is 466 g/mol. The van der Waals surface area contributed by atoms with Crippen LogP contribution in [0, 0.1) is 11.8 Å². The first-order valence-corrected chi connectivity index (χ1v) is 14.2. The fourth-order valence-electron chi connectivity index (χ4n) is 6.52. The summed E-state index contributed by atoms with van der Waals surface area (Å²) in [6, 6.07) is 1.16. The molecule has 0 spiro atoms. The minimum atomic E-state index is 0.212. The summed E-state index contributed by atoms with van der Waals surface area (Å²) >= 11 is 0. The molecule has 2 aliphatic heterocycles. The van der Waals surface area contributed by atoms with Crippen molar-refractivity contribution in [3.05, 3.63) is 0 Å². The Kier molecular flexibility index (Phi) is 10.3. The third kappa shape index (κ3) is 6.94. The number of piperidine rings is 2. The second-order valence-corrected chi connectivity index (χ2v) is 12.5. The van der Waals surface area contributed by atoms with Gasteiger partial charge in [0, 0.05) is 60.4 Å². The zero-order valence-corrected chi connectivity index (χ0v) is 23.9. The lowest BCUT2D eigenvalue weighted by Crippen LogP contribution is -2.68. The van der Waals surface area contributed by atoms with Crippen molar-refractivity contribution in [2.45, 2.75) is 142 Å². The average Bonchev–Trinajstić information content (AvgIpc) is 2.79. The van der Waals surface area contributed by atoms with E-state index in [0.29, 0.717) is 23.9 Å². The van der Waals surface area contributed by atoms with Gasteiger partial charge in [-0.3, -0.25) is 0 Å². The normalized spacial score (nSPS) is 44.2. The van der Waals surface area contributed by atoms with Crippen LogP contribution in [0.5, 0.6) is 0 Å². The first-order chi connectivity index (χ1) is 15.4. The molecule has 2 fully saturated rings. The van der Waals surface area contributed by atoms with Gasteiger partial charge in [0.15, 0.2) is 0 Å². The molecule has 0 aromatic heterocycles. The smallest absolute Gasteiger partial charge is 0.0196 e. The molecule has 0 amide bonds. The summed E-state index contributed by atoms with van der Waals surface area (Å²) in [6.45, 7) is 27.9. The predicted molar refractivity (Wildman–Crippen MR) is 145 cm³/mol. The van der Waals surface area contributed by atoms with Gasteiger partial charge >= 0.3 is 0 Å². The molecular formula is C28H59N5. The van der Waals surface area contributed by atoms with Crippen LogP contribution in [-0.2, 0) is 0 Å². The van der Waals surface area contributed by atoms with E-state index in [4.69, 9.17) is 0 Å². The second-order valence-electron chi connectivity index (χ2n) is 12.5. The van der Waals surface area contributed by atoms with E-state index in [0.717, 1.165) is 26.2 Å². The number of nitrogens with one attached hydrogen (secondary N) is 5.